The van der Waals surface area contributed by atoms with Crippen molar-refractivity contribution in [3.63, 3.8) is 0 Å². The Morgan fingerprint density at radius 3 is 2.76 bits per heavy atom. The zero-order chi connectivity index (χ0) is 12.7. The van der Waals surface area contributed by atoms with Crippen molar-refractivity contribution in [2.45, 2.75) is 26.2 Å². The quantitative estimate of drug-likeness (QED) is 0.703. The molecule has 94 valence electrons. The minimum atomic E-state index is -0.339. The van der Waals surface area contributed by atoms with Crippen molar-refractivity contribution in [1.29, 1.82) is 0 Å². The fourth-order valence-corrected chi connectivity index (χ4v) is 1.61. The van der Waals surface area contributed by atoms with Crippen molar-refractivity contribution in [2.24, 2.45) is 0 Å². The van der Waals surface area contributed by atoms with Crippen LogP contribution in [-0.4, -0.2) is 19.0 Å². The first-order chi connectivity index (χ1) is 8.19. The molecule has 0 fully saturated rings. The second-order valence-corrected chi connectivity index (χ2v) is 4.07. The zero-order valence-electron chi connectivity index (χ0n) is 10.2. The van der Waals surface area contributed by atoms with Gasteiger partial charge in [-0.25, -0.2) is 0 Å². The van der Waals surface area contributed by atoms with Gasteiger partial charge in [0.15, 0.2) is 11.5 Å². The highest BCUT2D eigenvalue weighted by atomic mass is 35.5. The molecule has 0 aliphatic heterocycles. The van der Waals surface area contributed by atoms with Crippen molar-refractivity contribution in [3.8, 4) is 11.5 Å². The Bertz CT molecular complexity index is 377. The van der Waals surface area contributed by atoms with Crippen LogP contribution < -0.4 is 9.47 Å². The van der Waals surface area contributed by atoms with E-state index in [1.807, 2.05) is 25.1 Å². The molecule has 1 rings (SSSR count). The van der Waals surface area contributed by atoms with E-state index in [1.54, 1.807) is 7.11 Å². The standard InChI is InChI=1S/C13H17ClO3/c1-3-9-17-13-10(7-8-12(14)15)5-4-6-11(13)16-2/h4-6H,3,7-9H2,1-2H3. The van der Waals surface area contributed by atoms with E-state index in [9.17, 15) is 4.79 Å². The number of hydrogen-bond donors (Lipinski definition) is 0. The van der Waals surface area contributed by atoms with Crippen LogP contribution in [0.5, 0.6) is 11.5 Å². The molecule has 3 nitrogen and oxygen atoms in total. The highest BCUT2D eigenvalue weighted by molar-refractivity contribution is 6.63. The minimum absolute atomic E-state index is 0.303. The second kappa shape index (κ2) is 7.17. The lowest BCUT2D eigenvalue weighted by Gasteiger charge is -2.14. The summed E-state index contributed by atoms with van der Waals surface area (Å²) in [7, 11) is 1.60. The summed E-state index contributed by atoms with van der Waals surface area (Å²) in [6.07, 6.45) is 1.79. The van der Waals surface area contributed by atoms with E-state index in [4.69, 9.17) is 21.1 Å². The molecule has 0 saturated carbocycles. The summed E-state index contributed by atoms with van der Waals surface area (Å²) in [6.45, 7) is 2.67. The van der Waals surface area contributed by atoms with Crippen LogP contribution in [0, 0.1) is 0 Å². The van der Waals surface area contributed by atoms with Crippen molar-refractivity contribution < 1.29 is 14.3 Å². The van der Waals surface area contributed by atoms with Gasteiger partial charge in [-0.1, -0.05) is 19.1 Å². The molecule has 0 atom stereocenters. The maximum Gasteiger partial charge on any atom is 0.221 e. The van der Waals surface area contributed by atoms with E-state index < -0.39 is 0 Å². The van der Waals surface area contributed by atoms with Crippen LogP contribution >= 0.6 is 11.6 Å². The van der Waals surface area contributed by atoms with Gasteiger partial charge in [-0.15, -0.1) is 0 Å². The van der Waals surface area contributed by atoms with E-state index in [1.165, 1.54) is 0 Å². The third kappa shape index (κ3) is 4.27. The third-order valence-corrected chi connectivity index (χ3v) is 2.51. The zero-order valence-corrected chi connectivity index (χ0v) is 10.9. The lowest BCUT2D eigenvalue weighted by Crippen LogP contribution is -2.02. The van der Waals surface area contributed by atoms with Gasteiger partial charge in [-0.05, 0) is 36.1 Å². The number of carbonyl (C=O) groups is 1. The Balaban J connectivity index is 2.88. The van der Waals surface area contributed by atoms with Crippen molar-refractivity contribution in [3.05, 3.63) is 23.8 Å². The molecule has 0 N–H and O–H groups in total. The first-order valence-corrected chi connectivity index (χ1v) is 6.03. The summed E-state index contributed by atoms with van der Waals surface area (Å²) in [5.74, 6) is 1.41. The van der Waals surface area contributed by atoms with Gasteiger partial charge in [0.2, 0.25) is 5.24 Å². The Morgan fingerprint density at radius 2 is 2.18 bits per heavy atom. The normalized spacial score (nSPS) is 10.1. The highest BCUT2D eigenvalue weighted by Crippen LogP contribution is 2.32. The average molecular weight is 257 g/mol. The molecule has 0 spiro atoms. The van der Waals surface area contributed by atoms with Crippen LogP contribution in [0.4, 0.5) is 0 Å². The largest absolute Gasteiger partial charge is 0.493 e. The molecule has 1 aromatic carbocycles. The number of aryl methyl sites for hydroxylation is 1. The van der Waals surface area contributed by atoms with Crippen LogP contribution in [0.2, 0.25) is 0 Å². The topological polar surface area (TPSA) is 35.5 Å². The highest BCUT2D eigenvalue weighted by Gasteiger charge is 2.11. The van der Waals surface area contributed by atoms with E-state index in [0.29, 0.717) is 25.2 Å². The van der Waals surface area contributed by atoms with Gasteiger partial charge in [0.05, 0.1) is 13.7 Å². The SMILES string of the molecule is CCCOc1c(CCC(=O)Cl)cccc1OC. The number of methoxy groups -OCH3 is 1. The fourth-order valence-electron chi connectivity index (χ4n) is 1.52. The Labute approximate surface area is 107 Å². The molecule has 4 heteroatoms. The fraction of sp³-hybridized carbons (Fsp3) is 0.462. The molecule has 17 heavy (non-hydrogen) atoms. The van der Waals surface area contributed by atoms with Crippen molar-refractivity contribution in [2.75, 3.05) is 13.7 Å². The molecular weight excluding hydrogens is 240 g/mol. The predicted octanol–water partition coefficient (Wildman–Crippen LogP) is 3.18. The van der Waals surface area contributed by atoms with E-state index in [0.717, 1.165) is 17.7 Å². The van der Waals surface area contributed by atoms with Gasteiger partial charge in [0, 0.05) is 6.42 Å². The molecule has 1 aromatic rings. The Kier molecular flexibility index (Phi) is 5.84. The summed E-state index contributed by atoms with van der Waals surface area (Å²) >= 11 is 5.35. The van der Waals surface area contributed by atoms with Crippen molar-refractivity contribution in [1.82, 2.24) is 0 Å². The molecule has 0 aromatic heterocycles. The maximum absolute atomic E-state index is 10.8. The summed E-state index contributed by atoms with van der Waals surface area (Å²) < 4.78 is 10.9. The van der Waals surface area contributed by atoms with Gasteiger partial charge in [-0.2, -0.15) is 0 Å². The minimum Gasteiger partial charge on any atom is -0.493 e. The first-order valence-electron chi connectivity index (χ1n) is 5.66. The molecular formula is C13H17ClO3. The number of halogens is 1. The Hall–Kier alpha value is -1.22. The van der Waals surface area contributed by atoms with Crippen molar-refractivity contribution >= 4 is 16.8 Å². The van der Waals surface area contributed by atoms with Crippen LogP contribution in [0.1, 0.15) is 25.3 Å². The maximum atomic E-state index is 10.8. The predicted molar refractivity (Wildman–Crippen MR) is 68.0 cm³/mol. The summed E-state index contributed by atoms with van der Waals surface area (Å²) in [4.78, 5) is 10.8. The summed E-state index contributed by atoms with van der Waals surface area (Å²) in [6, 6.07) is 5.65. The van der Waals surface area contributed by atoms with Gasteiger partial charge in [-0.3, -0.25) is 4.79 Å². The van der Waals surface area contributed by atoms with E-state index in [2.05, 4.69) is 0 Å². The van der Waals surface area contributed by atoms with Crippen LogP contribution in [-0.2, 0) is 11.2 Å². The molecule has 0 radical (unpaired) electrons. The van der Waals surface area contributed by atoms with E-state index in [-0.39, 0.29) is 5.24 Å². The van der Waals surface area contributed by atoms with Gasteiger partial charge < -0.3 is 9.47 Å². The second-order valence-electron chi connectivity index (χ2n) is 3.65. The third-order valence-electron chi connectivity index (χ3n) is 2.32. The lowest BCUT2D eigenvalue weighted by atomic mass is 10.1. The van der Waals surface area contributed by atoms with E-state index >= 15 is 0 Å². The Morgan fingerprint density at radius 1 is 1.41 bits per heavy atom. The number of ether oxygens (including phenoxy) is 2. The molecule has 0 aliphatic rings. The molecule has 0 aliphatic carbocycles. The number of rotatable bonds is 7. The van der Waals surface area contributed by atoms with Crippen LogP contribution in [0.3, 0.4) is 0 Å². The molecule has 0 bridgehead atoms. The van der Waals surface area contributed by atoms with Gasteiger partial charge in [0.1, 0.15) is 0 Å². The first kappa shape index (κ1) is 13.8. The van der Waals surface area contributed by atoms with Gasteiger partial charge >= 0.3 is 0 Å². The smallest absolute Gasteiger partial charge is 0.221 e. The monoisotopic (exact) mass is 256 g/mol. The average Bonchev–Trinajstić information content (AvgIpc) is 2.33. The van der Waals surface area contributed by atoms with Crippen LogP contribution in [0.15, 0.2) is 18.2 Å². The number of para-hydroxylation sites is 1. The molecule has 0 unspecified atom stereocenters. The molecule has 0 saturated heterocycles. The number of hydrogen-bond acceptors (Lipinski definition) is 3. The number of benzene rings is 1. The van der Waals surface area contributed by atoms with Crippen LogP contribution in [0.25, 0.3) is 0 Å². The summed E-state index contributed by atoms with van der Waals surface area (Å²) in [5, 5.41) is -0.339. The number of carbonyl (C=O) groups excluding carboxylic acids is 1. The molecule has 0 heterocycles. The lowest BCUT2D eigenvalue weighted by molar-refractivity contribution is -0.111. The van der Waals surface area contributed by atoms with Gasteiger partial charge in [0.25, 0.3) is 0 Å². The summed E-state index contributed by atoms with van der Waals surface area (Å²) in [5.41, 5.74) is 0.951. The molecule has 0 amide bonds.